The number of imide groups is 1. The van der Waals surface area contributed by atoms with Crippen molar-refractivity contribution in [3.05, 3.63) is 23.8 Å². The van der Waals surface area contributed by atoms with Crippen molar-refractivity contribution in [2.24, 2.45) is 0 Å². The molecule has 1 saturated heterocycles. The average Bonchev–Trinajstić information content (AvgIpc) is 2.73. The SMILES string of the molecule is COc1ccc(C(C)NC2CC(=O)N(C)C2=O)cc1OC. The lowest BCUT2D eigenvalue weighted by Crippen LogP contribution is -2.38. The molecule has 1 N–H and O–H groups in total. The van der Waals surface area contributed by atoms with Crippen LogP contribution in [0.1, 0.15) is 24.9 Å². The molecule has 1 aromatic carbocycles. The van der Waals surface area contributed by atoms with E-state index >= 15 is 0 Å². The van der Waals surface area contributed by atoms with E-state index in [9.17, 15) is 9.59 Å². The molecular formula is C15H20N2O4. The molecule has 1 fully saturated rings. The van der Waals surface area contributed by atoms with Gasteiger partial charge in [0.1, 0.15) is 0 Å². The lowest BCUT2D eigenvalue weighted by molar-refractivity contribution is -0.137. The molecule has 114 valence electrons. The molecule has 6 heteroatoms. The lowest BCUT2D eigenvalue weighted by Gasteiger charge is -2.19. The minimum atomic E-state index is -0.467. The van der Waals surface area contributed by atoms with Crippen LogP contribution < -0.4 is 14.8 Å². The highest BCUT2D eigenvalue weighted by Gasteiger charge is 2.36. The monoisotopic (exact) mass is 292 g/mol. The summed E-state index contributed by atoms with van der Waals surface area (Å²) in [5, 5.41) is 3.19. The smallest absolute Gasteiger partial charge is 0.246 e. The van der Waals surface area contributed by atoms with Gasteiger partial charge in [0.05, 0.1) is 26.7 Å². The minimum Gasteiger partial charge on any atom is -0.493 e. The van der Waals surface area contributed by atoms with E-state index in [0.29, 0.717) is 11.5 Å². The number of ether oxygens (including phenoxy) is 2. The summed E-state index contributed by atoms with van der Waals surface area (Å²) >= 11 is 0. The summed E-state index contributed by atoms with van der Waals surface area (Å²) in [6, 6.07) is 5.04. The fourth-order valence-corrected chi connectivity index (χ4v) is 2.41. The van der Waals surface area contributed by atoms with Crippen LogP contribution in [-0.2, 0) is 9.59 Å². The zero-order chi connectivity index (χ0) is 15.6. The molecule has 2 rings (SSSR count). The van der Waals surface area contributed by atoms with E-state index in [4.69, 9.17) is 9.47 Å². The largest absolute Gasteiger partial charge is 0.493 e. The van der Waals surface area contributed by atoms with Crippen molar-refractivity contribution in [1.29, 1.82) is 0 Å². The second-order valence-electron chi connectivity index (χ2n) is 5.05. The predicted molar refractivity (Wildman–Crippen MR) is 77.3 cm³/mol. The van der Waals surface area contributed by atoms with E-state index in [-0.39, 0.29) is 24.3 Å². The Morgan fingerprint density at radius 2 is 1.90 bits per heavy atom. The summed E-state index contributed by atoms with van der Waals surface area (Å²) in [6.07, 6.45) is 0.201. The van der Waals surface area contributed by atoms with Crippen molar-refractivity contribution in [2.45, 2.75) is 25.4 Å². The molecule has 0 saturated carbocycles. The Labute approximate surface area is 124 Å². The highest BCUT2D eigenvalue weighted by molar-refractivity contribution is 6.05. The third-order valence-corrected chi connectivity index (χ3v) is 3.74. The zero-order valence-corrected chi connectivity index (χ0v) is 12.7. The summed E-state index contributed by atoms with van der Waals surface area (Å²) in [7, 11) is 4.67. The molecule has 0 bridgehead atoms. The first-order chi connectivity index (χ1) is 9.97. The number of nitrogens with zero attached hydrogens (tertiary/aromatic N) is 1. The molecule has 1 aromatic rings. The first-order valence-electron chi connectivity index (χ1n) is 6.76. The molecule has 0 aromatic heterocycles. The molecule has 0 spiro atoms. The number of amides is 2. The molecule has 2 atom stereocenters. The standard InChI is InChI=1S/C15H20N2O4/c1-9(16-11-8-14(18)17(2)15(11)19)10-5-6-12(20-3)13(7-10)21-4/h5-7,9,11,16H,8H2,1-4H3. The van der Waals surface area contributed by atoms with Crippen LogP contribution in [0.4, 0.5) is 0 Å². The van der Waals surface area contributed by atoms with Gasteiger partial charge >= 0.3 is 0 Å². The maximum absolute atomic E-state index is 11.9. The van der Waals surface area contributed by atoms with E-state index in [2.05, 4.69) is 5.32 Å². The van der Waals surface area contributed by atoms with Gasteiger partial charge in [0.25, 0.3) is 0 Å². The van der Waals surface area contributed by atoms with Crippen molar-refractivity contribution in [3.63, 3.8) is 0 Å². The van der Waals surface area contributed by atoms with E-state index in [1.165, 1.54) is 11.9 Å². The third kappa shape index (κ3) is 3.00. The quantitative estimate of drug-likeness (QED) is 0.824. The van der Waals surface area contributed by atoms with Crippen LogP contribution in [0.2, 0.25) is 0 Å². The number of likely N-dealkylation sites (N-methyl/N-ethyl adjacent to an activating group) is 1. The number of likely N-dealkylation sites (tertiary alicyclic amines) is 1. The van der Waals surface area contributed by atoms with Gasteiger partial charge in [-0.05, 0) is 24.6 Å². The van der Waals surface area contributed by atoms with Gasteiger partial charge in [-0.25, -0.2) is 0 Å². The van der Waals surface area contributed by atoms with E-state index < -0.39 is 6.04 Å². The number of hydrogen-bond donors (Lipinski definition) is 1. The van der Waals surface area contributed by atoms with Crippen molar-refractivity contribution in [1.82, 2.24) is 10.2 Å². The second kappa shape index (κ2) is 6.13. The van der Waals surface area contributed by atoms with Gasteiger partial charge in [-0.15, -0.1) is 0 Å². The van der Waals surface area contributed by atoms with E-state index in [1.54, 1.807) is 14.2 Å². The molecule has 1 aliphatic rings. The molecule has 21 heavy (non-hydrogen) atoms. The molecule has 2 amide bonds. The normalized spacial score (nSPS) is 19.8. The topological polar surface area (TPSA) is 67.9 Å². The Kier molecular flexibility index (Phi) is 4.47. The number of carbonyl (C=O) groups excluding carboxylic acids is 2. The average molecular weight is 292 g/mol. The van der Waals surface area contributed by atoms with Crippen LogP contribution >= 0.6 is 0 Å². The van der Waals surface area contributed by atoms with Crippen LogP contribution in [-0.4, -0.2) is 44.0 Å². The van der Waals surface area contributed by atoms with Gasteiger partial charge in [-0.3, -0.25) is 19.8 Å². The predicted octanol–water partition coefficient (Wildman–Crippen LogP) is 1.11. The number of benzene rings is 1. The zero-order valence-electron chi connectivity index (χ0n) is 12.7. The molecule has 1 heterocycles. The summed E-state index contributed by atoms with van der Waals surface area (Å²) in [5.41, 5.74) is 0.961. The number of rotatable bonds is 5. The summed E-state index contributed by atoms with van der Waals surface area (Å²) in [6.45, 7) is 1.94. The highest BCUT2D eigenvalue weighted by atomic mass is 16.5. The van der Waals surface area contributed by atoms with Crippen molar-refractivity contribution in [2.75, 3.05) is 21.3 Å². The van der Waals surface area contributed by atoms with Gasteiger partial charge in [0.2, 0.25) is 11.8 Å². The Bertz CT molecular complexity index is 559. The molecule has 2 unspecified atom stereocenters. The maximum Gasteiger partial charge on any atom is 0.246 e. The first-order valence-corrected chi connectivity index (χ1v) is 6.76. The van der Waals surface area contributed by atoms with Crippen LogP contribution in [0, 0.1) is 0 Å². The molecule has 0 aliphatic carbocycles. The number of hydrogen-bond acceptors (Lipinski definition) is 5. The Morgan fingerprint density at radius 1 is 1.24 bits per heavy atom. The van der Waals surface area contributed by atoms with Crippen LogP contribution in [0.25, 0.3) is 0 Å². The minimum absolute atomic E-state index is 0.0851. The first kappa shape index (κ1) is 15.3. The third-order valence-electron chi connectivity index (χ3n) is 3.74. The number of carbonyl (C=O) groups is 2. The van der Waals surface area contributed by atoms with Gasteiger partial charge < -0.3 is 9.47 Å². The molecule has 6 nitrogen and oxygen atoms in total. The van der Waals surface area contributed by atoms with Gasteiger partial charge in [-0.2, -0.15) is 0 Å². The van der Waals surface area contributed by atoms with Crippen molar-refractivity contribution < 1.29 is 19.1 Å². The molecular weight excluding hydrogens is 272 g/mol. The van der Waals surface area contributed by atoms with Crippen molar-refractivity contribution >= 4 is 11.8 Å². The Morgan fingerprint density at radius 3 is 2.43 bits per heavy atom. The second-order valence-corrected chi connectivity index (χ2v) is 5.05. The summed E-state index contributed by atoms with van der Waals surface area (Å²) < 4.78 is 10.5. The fourth-order valence-electron chi connectivity index (χ4n) is 2.41. The lowest BCUT2D eigenvalue weighted by atomic mass is 10.1. The molecule has 1 aliphatic heterocycles. The van der Waals surface area contributed by atoms with Gasteiger partial charge in [-0.1, -0.05) is 6.07 Å². The van der Waals surface area contributed by atoms with E-state index in [0.717, 1.165) is 5.56 Å². The maximum atomic E-state index is 11.9. The number of nitrogens with one attached hydrogen (secondary N) is 1. The number of methoxy groups -OCH3 is 2. The summed E-state index contributed by atoms with van der Waals surface area (Å²) in [4.78, 5) is 24.6. The highest BCUT2D eigenvalue weighted by Crippen LogP contribution is 2.30. The Hall–Kier alpha value is -2.08. The van der Waals surface area contributed by atoms with E-state index in [1.807, 2.05) is 25.1 Å². The van der Waals surface area contributed by atoms with Gasteiger partial charge in [0, 0.05) is 13.1 Å². The van der Waals surface area contributed by atoms with Crippen LogP contribution in [0.15, 0.2) is 18.2 Å². The molecule has 0 radical (unpaired) electrons. The van der Waals surface area contributed by atoms with Crippen molar-refractivity contribution in [3.8, 4) is 11.5 Å². The van der Waals surface area contributed by atoms with Crippen LogP contribution in [0.5, 0.6) is 11.5 Å². The van der Waals surface area contributed by atoms with Gasteiger partial charge in [0.15, 0.2) is 11.5 Å². The van der Waals surface area contributed by atoms with Crippen LogP contribution in [0.3, 0.4) is 0 Å². The fraction of sp³-hybridized carbons (Fsp3) is 0.467. The summed E-state index contributed by atoms with van der Waals surface area (Å²) in [5.74, 6) is 0.944. The Balaban J connectivity index is 2.12.